The Labute approximate surface area is 279 Å². The fourth-order valence-corrected chi connectivity index (χ4v) is 8.03. The molecule has 0 bridgehead atoms. The lowest BCUT2D eigenvalue weighted by molar-refractivity contribution is 1.68. The van der Waals surface area contributed by atoms with Crippen LogP contribution in [0.4, 0.5) is 0 Å². The molecule has 0 amide bonds. The Bertz CT molecular complexity index is 2830. The highest BCUT2D eigenvalue weighted by molar-refractivity contribution is 6.24. The van der Waals surface area contributed by atoms with Gasteiger partial charge in [0.25, 0.3) is 0 Å². The lowest BCUT2D eigenvalue weighted by atomic mass is 9.84. The van der Waals surface area contributed by atoms with E-state index in [-0.39, 0.29) is 0 Å². The Morgan fingerprint density at radius 2 is 0.729 bits per heavy atom. The van der Waals surface area contributed by atoms with Crippen LogP contribution in [0.5, 0.6) is 0 Å². The predicted octanol–water partition coefficient (Wildman–Crippen LogP) is 13.6. The Balaban J connectivity index is 1.25. The first-order valence-corrected chi connectivity index (χ1v) is 16.7. The summed E-state index contributed by atoms with van der Waals surface area (Å²) >= 11 is 0. The van der Waals surface area contributed by atoms with Crippen molar-refractivity contribution in [3.8, 4) is 33.4 Å². The quantitative estimate of drug-likeness (QED) is 0.139. The second kappa shape index (κ2) is 10.7. The Morgan fingerprint density at radius 3 is 1.46 bits per heavy atom. The van der Waals surface area contributed by atoms with Crippen molar-refractivity contribution in [2.75, 3.05) is 0 Å². The third-order valence-corrected chi connectivity index (χ3v) is 10.2. The highest BCUT2D eigenvalue weighted by Gasteiger charge is 2.18. The summed E-state index contributed by atoms with van der Waals surface area (Å²) in [6.45, 7) is 0. The summed E-state index contributed by atoms with van der Waals surface area (Å²) in [6, 6.07) is 67.1. The largest absolute Gasteiger partial charge is 0.0616 e. The lowest BCUT2D eigenvalue weighted by Crippen LogP contribution is -1.92. The van der Waals surface area contributed by atoms with Crippen LogP contribution in [0.15, 0.2) is 182 Å². The van der Waals surface area contributed by atoms with E-state index in [1.165, 1.54) is 98.0 Å². The molecular weight excluding hydrogens is 577 g/mol. The molecule has 48 heavy (non-hydrogen) atoms. The van der Waals surface area contributed by atoms with Gasteiger partial charge in [-0.1, -0.05) is 164 Å². The molecule has 0 saturated heterocycles. The average Bonchev–Trinajstić information content (AvgIpc) is 3.16. The normalized spacial score (nSPS) is 11.8. The van der Waals surface area contributed by atoms with Gasteiger partial charge >= 0.3 is 0 Å². The van der Waals surface area contributed by atoms with Crippen LogP contribution in [-0.4, -0.2) is 0 Å². The molecule has 0 saturated carbocycles. The standard InChI is InChI=1S/C48H30/c1-2-14-33-28-34(25-24-31(33)12-1)45-29-35-26-27-36(30-46(35)39-18-6-5-17-38(39)45)47-41-19-7-9-21-43(41)48(44-22-10-8-20-42(44)47)40-23-11-15-32-13-3-4-16-37(32)40/h1-30H. The molecule has 10 aromatic carbocycles. The minimum atomic E-state index is 1.24. The van der Waals surface area contributed by atoms with Crippen LogP contribution in [-0.2, 0) is 0 Å². The number of hydrogen-bond acceptors (Lipinski definition) is 0. The van der Waals surface area contributed by atoms with E-state index in [0.29, 0.717) is 0 Å². The van der Waals surface area contributed by atoms with Crippen molar-refractivity contribution in [2.24, 2.45) is 0 Å². The summed E-state index contributed by atoms with van der Waals surface area (Å²) in [7, 11) is 0. The molecule has 0 spiro atoms. The van der Waals surface area contributed by atoms with E-state index in [1.807, 2.05) is 0 Å². The maximum absolute atomic E-state index is 2.42. The van der Waals surface area contributed by atoms with E-state index < -0.39 is 0 Å². The summed E-state index contributed by atoms with van der Waals surface area (Å²) in [5.74, 6) is 0. The van der Waals surface area contributed by atoms with Gasteiger partial charge < -0.3 is 0 Å². The minimum Gasteiger partial charge on any atom is -0.0616 e. The van der Waals surface area contributed by atoms with Crippen molar-refractivity contribution >= 4 is 64.6 Å². The van der Waals surface area contributed by atoms with Crippen molar-refractivity contribution < 1.29 is 0 Å². The van der Waals surface area contributed by atoms with Gasteiger partial charge in [0.15, 0.2) is 0 Å². The molecule has 0 aliphatic carbocycles. The fraction of sp³-hybridized carbons (Fsp3) is 0. The second-order valence-corrected chi connectivity index (χ2v) is 12.8. The van der Waals surface area contributed by atoms with E-state index in [9.17, 15) is 0 Å². The average molecular weight is 607 g/mol. The molecule has 0 aliphatic heterocycles. The van der Waals surface area contributed by atoms with Crippen molar-refractivity contribution in [3.05, 3.63) is 182 Å². The summed E-state index contributed by atoms with van der Waals surface area (Å²) in [5, 5.41) is 15.3. The molecule has 0 heteroatoms. The third-order valence-electron chi connectivity index (χ3n) is 10.2. The molecule has 0 heterocycles. The molecule has 0 radical (unpaired) electrons. The van der Waals surface area contributed by atoms with Crippen LogP contribution >= 0.6 is 0 Å². The number of benzene rings is 10. The number of fused-ring (bicyclic) bond motifs is 7. The van der Waals surface area contributed by atoms with Crippen LogP contribution in [0.1, 0.15) is 0 Å². The van der Waals surface area contributed by atoms with Crippen LogP contribution in [0.2, 0.25) is 0 Å². The van der Waals surface area contributed by atoms with Gasteiger partial charge in [0.2, 0.25) is 0 Å². The molecule has 0 aromatic heterocycles. The first-order valence-electron chi connectivity index (χ1n) is 16.7. The lowest BCUT2D eigenvalue weighted by Gasteiger charge is -2.19. The fourth-order valence-electron chi connectivity index (χ4n) is 8.03. The Hall–Kier alpha value is -6.24. The molecule has 0 nitrogen and oxygen atoms in total. The monoisotopic (exact) mass is 606 g/mol. The van der Waals surface area contributed by atoms with E-state index in [2.05, 4.69) is 182 Å². The highest BCUT2D eigenvalue weighted by Crippen LogP contribution is 2.46. The third kappa shape index (κ3) is 4.10. The van der Waals surface area contributed by atoms with E-state index >= 15 is 0 Å². The maximum atomic E-state index is 2.42. The zero-order chi connectivity index (χ0) is 31.6. The van der Waals surface area contributed by atoms with Gasteiger partial charge in [-0.3, -0.25) is 0 Å². The van der Waals surface area contributed by atoms with Gasteiger partial charge in [0, 0.05) is 0 Å². The summed E-state index contributed by atoms with van der Waals surface area (Å²) < 4.78 is 0. The van der Waals surface area contributed by atoms with Gasteiger partial charge in [-0.05, 0) is 116 Å². The minimum absolute atomic E-state index is 1.24. The highest BCUT2D eigenvalue weighted by atomic mass is 14.2. The first kappa shape index (κ1) is 26.9. The molecule has 0 N–H and O–H groups in total. The molecule has 0 atom stereocenters. The van der Waals surface area contributed by atoms with Crippen molar-refractivity contribution in [2.45, 2.75) is 0 Å². The smallest absolute Gasteiger partial charge is 0.00201 e. The Morgan fingerprint density at radius 1 is 0.208 bits per heavy atom. The molecule has 222 valence electrons. The first-order chi connectivity index (χ1) is 23.8. The van der Waals surface area contributed by atoms with Gasteiger partial charge in [-0.25, -0.2) is 0 Å². The molecule has 0 unspecified atom stereocenters. The molecule has 0 aliphatic rings. The molecule has 10 rings (SSSR count). The molecule has 10 aromatic rings. The number of hydrogen-bond donors (Lipinski definition) is 0. The zero-order valence-electron chi connectivity index (χ0n) is 26.3. The Kier molecular flexibility index (Phi) is 5.98. The van der Waals surface area contributed by atoms with Gasteiger partial charge in [-0.15, -0.1) is 0 Å². The van der Waals surface area contributed by atoms with Crippen molar-refractivity contribution in [1.29, 1.82) is 0 Å². The summed E-state index contributed by atoms with van der Waals surface area (Å²) in [6.07, 6.45) is 0. The van der Waals surface area contributed by atoms with Gasteiger partial charge in [0.05, 0.1) is 0 Å². The van der Waals surface area contributed by atoms with Gasteiger partial charge in [-0.2, -0.15) is 0 Å². The predicted molar refractivity (Wildman–Crippen MR) is 208 cm³/mol. The van der Waals surface area contributed by atoms with Crippen LogP contribution in [0, 0.1) is 0 Å². The van der Waals surface area contributed by atoms with E-state index in [1.54, 1.807) is 0 Å². The van der Waals surface area contributed by atoms with E-state index in [0.717, 1.165) is 0 Å². The van der Waals surface area contributed by atoms with Crippen LogP contribution < -0.4 is 0 Å². The van der Waals surface area contributed by atoms with Crippen molar-refractivity contribution in [3.63, 3.8) is 0 Å². The maximum Gasteiger partial charge on any atom is -0.00201 e. The SMILES string of the molecule is c1ccc2cc(-c3cc4ccc(-c5c6ccccc6c(-c6cccc7ccccc67)c6ccccc56)cc4c4ccccc34)ccc2c1. The topological polar surface area (TPSA) is 0 Å². The number of rotatable bonds is 3. The van der Waals surface area contributed by atoms with Crippen LogP contribution in [0.3, 0.4) is 0 Å². The summed E-state index contributed by atoms with van der Waals surface area (Å²) in [5.41, 5.74) is 7.62. The van der Waals surface area contributed by atoms with E-state index in [4.69, 9.17) is 0 Å². The van der Waals surface area contributed by atoms with Crippen LogP contribution in [0.25, 0.3) is 98.0 Å². The molecule has 0 fully saturated rings. The summed E-state index contributed by atoms with van der Waals surface area (Å²) in [4.78, 5) is 0. The van der Waals surface area contributed by atoms with Gasteiger partial charge in [0.1, 0.15) is 0 Å². The second-order valence-electron chi connectivity index (χ2n) is 12.8. The molecular formula is C48H30. The zero-order valence-corrected chi connectivity index (χ0v) is 26.3. The van der Waals surface area contributed by atoms with Crippen molar-refractivity contribution in [1.82, 2.24) is 0 Å².